The van der Waals surface area contributed by atoms with Crippen LogP contribution in [0.2, 0.25) is 5.02 Å². The Morgan fingerprint density at radius 2 is 2.07 bits per heavy atom. The van der Waals surface area contributed by atoms with Gasteiger partial charge < -0.3 is 5.43 Å². The van der Waals surface area contributed by atoms with E-state index in [2.05, 4.69) is 5.43 Å². The van der Waals surface area contributed by atoms with Crippen molar-refractivity contribution in [3.63, 3.8) is 0 Å². The molecule has 0 saturated heterocycles. The van der Waals surface area contributed by atoms with E-state index in [0.717, 1.165) is 6.07 Å². The van der Waals surface area contributed by atoms with E-state index in [1.54, 1.807) is 6.92 Å². The predicted molar refractivity (Wildman–Crippen MR) is 53.8 cm³/mol. The minimum absolute atomic E-state index is 0.106. The Hall–Kier alpha value is -0.820. The summed E-state index contributed by atoms with van der Waals surface area (Å²) in [5.74, 6) is 5.10. The molecule has 78 valence electrons. The molecule has 0 aliphatic carbocycles. The fraction of sp³-hybridized carbons (Fsp3) is 0.143. The van der Waals surface area contributed by atoms with Crippen LogP contribution in [0.4, 0.5) is 5.69 Å². The first kappa shape index (κ1) is 11.3. The van der Waals surface area contributed by atoms with Crippen LogP contribution in [0.25, 0.3) is 0 Å². The number of halogens is 1. The summed E-state index contributed by atoms with van der Waals surface area (Å²) in [4.78, 5) is -0.337. The maximum absolute atomic E-state index is 10.9. The molecule has 0 saturated carbocycles. The molecule has 4 N–H and O–H groups in total. The van der Waals surface area contributed by atoms with E-state index in [4.69, 9.17) is 22.0 Å². The van der Waals surface area contributed by atoms with Gasteiger partial charge >= 0.3 is 0 Å². The number of nitrogen functional groups attached to an aromatic ring is 1. The maximum atomic E-state index is 10.9. The number of anilines is 1. The van der Waals surface area contributed by atoms with E-state index >= 15 is 0 Å². The van der Waals surface area contributed by atoms with E-state index in [1.165, 1.54) is 6.07 Å². The lowest BCUT2D eigenvalue weighted by molar-refractivity contribution is 0.483. The third-order valence-electron chi connectivity index (χ3n) is 1.69. The van der Waals surface area contributed by atoms with Gasteiger partial charge in [0, 0.05) is 5.02 Å². The molecule has 1 aromatic rings. The summed E-state index contributed by atoms with van der Waals surface area (Å²) >= 11 is 5.70. The van der Waals surface area contributed by atoms with Crippen LogP contribution in [0.3, 0.4) is 0 Å². The lowest BCUT2D eigenvalue weighted by Gasteiger charge is -2.08. The van der Waals surface area contributed by atoms with Crippen LogP contribution in [-0.4, -0.2) is 13.0 Å². The number of hydrogen-bond acceptors (Lipinski definition) is 4. The first-order valence-corrected chi connectivity index (χ1v) is 5.42. The van der Waals surface area contributed by atoms with Crippen molar-refractivity contribution in [2.45, 2.75) is 11.8 Å². The number of hydrogen-bond donors (Lipinski definition) is 3. The van der Waals surface area contributed by atoms with Crippen LogP contribution in [0.15, 0.2) is 17.0 Å². The van der Waals surface area contributed by atoms with Crippen molar-refractivity contribution in [1.29, 1.82) is 0 Å². The Balaban J connectivity index is 3.51. The molecule has 7 heteroatoms. The van der Waals surface area contributed by atoms with Crippen molar-refractivity contribution in [3.8, 4) is 0 Å². The lowest BCUT2D eigenvalue weighted by Crippen LogP contribution is -2.12. The molecule has 1 aromatic carbocycles. The van der Waals surface area contributed by atoms with Gasteiger partial charge in [-0.15, -0.1) is 0 Å². The van der Waals surface area contributed by atoms with E-state index < -0.39 is 10.1 Å². The van der Waals surface area contributed by atoms with Crippen molar-refractivity contribution < 1.29 is 13.0 Å². The number of hydrazine groups is 1. The predicted octanol–water partition coefficient (Wildman–Crippen LogP) is 1.18. The van der Waals surface area contributed by atoms with Crippen LogP contribution >= 0.6 is 11.6 Å². The average molecular weight is 237 g/mol. The minimum atomic E-state index is -4.31. The van der Waals surface area contributed by atoms with Gasteiger partial charge in [-0.2, -0.15) is 8.42 Å². The Kier molecular flexibility index (Phi) is 3.01. The molecule has 0 bridgehead atoms. The number of rotatable bonds is 2. The van der Waals surface area contributed by atoms with Crippen molar-refractivity contribution in [2.24, 2.45) is 5.84 Å². The highest BCUT2D eigenvalue weighted by Gasteiger charge is 2.16. The summed E-state index contributed by atoms with van der Waals surface area (Å²) in [6.07, 6.45) is 0. The van der Waals surface area contributed by atoms with Crippen molar-refractivity contribution >= 4 is 27.4 Å². The molecule has 0 heterocycles. The molecule has 14 heavy (non-hydrogen) atoms. The molecule has 0 radical (unpaired) electrons. The zero-order valence-electron chi connectivity index (χ0n) is 7.28. The van der Waals surface area contributed by atoms with E-state index in [9.17, 15) is 8.42 Å². The van der Waals surface area contributed by atoms with Crippen LogP contribution in [0.1, 0.15) is 5.56 Å². The summed E-state index contributed by atoms with van der Waals surface area (Å²) in [6.45, 7) is 1.69. The van der Waals surface area contributed by atoms with Gasteiger partial charge in [0.25, 0.3) is 10.1 Å². The normalized spacial score (nSPS) is 11.4. The first-order chi connectivity index (χ1) is 6.36. The van der Waals surface area contributed by atoms with Crippen molar-refractivity contribution in [2.75, 3.05) is 5.43 Å². The molecule has 1 rings (SSSR count). The largest absolute Gasteiger partial charge is 0.323 e. The number of nitrogens with two attached hydrogens (primary N) is 1. The summed E-state index contributed by atoms with van der Waals surface area (Å²) in [5.41, 5.74) is 2.94. The van der Waals surface area contributed by atoms with Gasteiger partial charge in [-0.25, -0.2) is 0 Å². The van der Waals surface area contributed by atoms with Gasteiger partial charge in [-0.05, 0) is 24.6 Å². The average Bonchev–Trinajstić information content (AvgIpc) is 2.07. The molecule has 0 aliphatic rings. The zero-order valence-corrected chi connectivity index (χ0v) is 8.85. The first-order valence-electron chi connectivity index (χ1n) is 3.60. The van der Waals surface area contributed by atoms with E-state index in [0.29, 0.717) is 5.56 Å². The molecule has 0 aliphatic heterocycles. The Labute approximate surface area is 86.6 Å². The summed E-state index contributed by atoms with van der Waals surface area (Å²) < 4.78 is 30.6. The Morgan fingerprint density at radius 3 is 2.50 bits per heavy atom. The second-order valence-electron chi connectivity index (χ2n) is 2.72. The monoisotopic (exact) mass is 236 g/mol. The Bertz CT molecular complexity index is 458. The van der Waals surface area contributed by atoms with Crippen LogP contribution < -0.4 is 11.3 Å². The van der Waals surface area contributed by atoms with Gasteiger partial charge in [0.1, 0.15) is 4.90 Å². The highest BCUT2D eigenvalue weighted by Crippen LogP contribution is 2.27. The molecule has 0 aromatic heterocycles. The molecular weight excluding hydrogens is 228 g/mol. The SMILES string of the molecule is Cc1cc(NN)c(S(=O)(=O)O)cc1Cl. The summed E-state index contributed by atoms with van der Waals surface area (Å²) in [6, 6.07) is 2.58. The number of nitrogens with one attached hydrogen (secondary N) is 1. The highest BCUT2D eigenvalue weighted by atomic mass is 35.5. The quantitative estimate of drug-likeness (QED) is 0.407. The van der Waals surface area contributed by atoms with Crippen LogP contribution in [0.5, 0.6) is 0 Å². The second-order valence-corrected chi connectivity index (χ2v) is 4.51. The fourth-order valence-electron chi connectivity index (χ4n) is 0.989. The maximum Gasteiger partial charge on any atom is 0.296 e. The minimum Gasteiger partial charge on any atom is -0.323 e. The molecule has 0 spiro atoms. The summed E-state index contributed by atoms with van der Waals surface area (Å²) in [7, 11) is -4.31. The molecule has 0 amide bonds. The molecular formula is C7H9ClN2O3S. The second kappa shape index (κ2) is 3.74. The van der Waals surface area contributed by atoms with Crippen LogP contribution in [0, 0.1) is 6.92 Å². The third-order valence-corrected chi connectivity index (χ3v) is 3.00. The van der Waals surface area contributed by atoms with E-state index in [-0.39, 0.29) is 15.6 Å². The Morgan fingerprint density at radius 1 is 1.50 bits per heavy atom. The lowest BCUT2D eigenvalue weighted by atomic mass is 10.2. The highest BCUT2D eigenvalue weighted by molar-refractivity contribution is 7.86. The number of benzene rings is 1. The standard InChI is InChI=1S/C7H9ClN2O3S/c1-4-2-6(10-9)7(3-5(4)8)14(11,12)13/h2-3,10H,9H2,1H3,(H,11,12,13). The van der Waals surface area contributed by atoms with Crippen molar-refractivity contribution in [1.82, 2.24) is 0 Å². The van der Waals surface area contributed by atoms with Gasteiger partial charge in [-0.3, -0.25) is 10.4 Å². The number of aryl methyl sites for hydroxylation is 1. The molecule has 0 fully saturated rings. The fourth-order valence-corrected chi connectivity index (χ4v) is 1.88. The third kappa shape index (κ3) is 2.16. The summed E-state index contributed by atoms with van der Waals surface area (Å²) in [5, 5.41) is 0.247. The smallest absolute Gasteiger partial charge is 0.296 e. The van der Waals surface area contributed by atoms with Gasteiger partial charge in [-0.1, -0.05) is 11.6 Å². The topological polar surface area (TPSA) is 92.4 Å². The van der Waals surface area contributed by atoms with E-state index in [1.807, 2.05) is 0 Å². The van der Waals surface area contributed by atoms with Gasteiger partial charge in [0.05, 0.1) is 5.69 Å². The van der Waals surface area contributed by atoms with Crippen molar-refractivity contribution in [3.05, 3.63) is 22.7 Å². The molecule has 0 atom stereocenters. The zero-order chi connectivity index (χ0) is 10.9. The molecule has 0 unspecified atom stereocenters. The molecule has 5 nitrogen and oxygen atoms in total. The van der Waals surface area contributed by atoms with Crippen LogP contribution in [-0.2, 0) is 10.1 Å². The van der Waals surface area contributed by atoms with Gasteiger partial charge in [0.2, 0.25) is 0 Å². The van der Waals surface area contributed by atoms with Gasteiger partial charge in [0.15, 0.2) is 0 Å².